The van der Waals surface area contributed by atoms with Gasteiger partial charge in [-0.2, -0.15) is 11.8 Å². The highest BCUT2D eigenvalue weighted by atomic mass is 32.2. The summed E-state index contributed by atoms with van der Waals surface area (Å²) in [5.41, 5.74) is 2.68. The van der Waals surface area contributed by atoms with Gasteiger partial charge in [0.15, 0.2) is 0 Å². The van der Waals surface area contributed by atoms with Crippen LogP contribution in [-0.4, -0.2) is 77.4 Å². The number of hydrogen-bond donors (Lipinski definition) is 3. The van der Waals surface area contributed by atoms with E-state index in [0.717, 1.165) is 46.2 Å². The van der Waals surface area contributed by atoms with E-state index in [1.54, 1.807) is 11.3 Å². The maximum Gasteiger partial charge on any atom is 0.247 e. The monoisotopic (exact) mass is 601 g/mol. The lowest BCUT2D eigenvalue weighted by atomic mass is 9.98. The fourth-order valence-electron chi connectivity index (χ4n) is 4.70. The van der Waals surface area contributed by atoms with E-state index in [0.29, 0.717) is 43.8 Å². The van der Waals surface area contributed by atoms with Crippen LogP contribution in [0.15, 0.2) is 30.4 Å². The first-order valence-corrected chi connectivity index (χ1v) is 16.8. The molecule has 10 heteroatoms. The quantitative estimate of drug-likeness (QED) is 0.260. The Morgan fingerprint density at radius 1 is 1.10 bits per heavy atom. The summed E-state index contributed by atoms with van der Waals surface area (Å²) in [5, 5.41) is 9.87. The number of amides is 3. The van der Waals surface area contributed by atoms with Gasteiger partial charge in [0.2, 0.25) is 17.7 Å². The second-order valence-electron chi connectivity index (χ2n) is 11.3. The zero-order chi connectivity index (χ0) is 29.9. The molecule has 1 aromatic heterocycles. The number of thioether (sulfide) groups is 1. The Kier molecular flexibility index (Phi) is 13.1. The lowest BCUT2D eigenvalue weighted by Gasteiger charge is -2.28. The van der Waals surface area contributed by atoms with Crippen LogP contribution in [0.1, 0.15) is 70.4 Å². The number of nitrogens with one attached hydrogen (secondary N) is 3. The molecular weight excluding hydrogens is 555 g/mol. The Morgan fingerprint density at radius 3 is 2.49 bits per heavy atom. The molecule has 1 fully saturated rings. The third-order valence-corrected chi connectivity index (χ3v) is 9.59. The van der Waals surface area contributed by atoms with E-state index in [-0.39, 0.29) is 29.7 Å². The Hall–Kier alpha value is -2.43. The molecule has 0 saturated carbocycles. The van der Waals surface area contributed by atoms with Gasteiger partial charge in [-0.1, -0.05) is 53.7 Å². The SMILES string of the molecule is C=C(CN1CCSCC1)C(=O)NC[C@@H](NC(=O)[C@H](Cc1nc2ccc(C(C)C)cc2s1)NC(=O)CCC)[C@@H](C)CC. The van der Waals surface area contributed by atoms with Crippen molar-refractivity contribution in [3.8, 4) is 0 Å². The minimum atomic E-state index is -0.756. The molecule has 0 aliphatic carbocycles. The second kappa shape index (κ2) is 16.3. The number of nitrogens with zero attached hydrogens (tertiary/aromatic N) is 2. The Balaban J connectivity index is 1.69. The van der Waals surface area contributed by atoms with Crippen LogP contribution in [-0.2, 0) is 20.8 Å². The molecule has 2 aromatic rings. The summed E-state index contributed by atoms with van der Waals surface area (Å²) >= 11 is 3.49. The van der Waals surface area contributed by atoms with Crippen molar-refractivity contribution in [3.63, 3.8) is 0 Å². The van der Waals surface area contributed by atoms with Gasteiger partial charge in [-0.15, -0.1) is 11.3 Å². The van der Waals surface area contributed by atoms with Gasteiger partial charge < -0.3 is 16.0 Å². The number of fused-ring (bicyclic) bond motifs is 1. The molecule has 2 heterocycles. The van der Waals surface area contributed by atoms with Crippen LogP contribution in [0.3, 0.4) is 0 Å². The first-order valence-electron chi connectivity index (χ1n) is 14.9. The number of carbonyl (C=O) groups excluding carboxylic acids is 3. The van der Waals surface area contributed by atoms with Crippen molar-refractivity contribution in [2.75, 3.05) is 37.7 Å². The normalized spacial score (nSPS) is 16.2. The summed E-state index contributed by atoms with van der Waals surface area (Å²) in [7, 11) is 0. The highest BCUT2D eigenvalue weighted by molar-refractivity contribution is 7.99. The zero-order valence-electron chi connectivity index (χ0n) is 25.3. The van der Waals surface area contributed by atoms with E-state index in [4.69, 9.17) is 4.98 Å². The number of hydrogen-bond acceptors (Lipinski definition) is 7. The van der Waals surface area contributed by atoms with Crippen molar-refractivity contribution in [1.29, 1.82) is 0 Å². The van der Waals surface area contributed by atoms with Gasteiger partial charge in [0.05, 0.1) is 15.2 Å². The molecule has 0 spiro atoms. The maximum absolute atomic E-state index is 13.6. The lowest BCUT2D eigenvalue weighted by Crippen LogP contribution is -2.54. The molecule has 0 bridgehead atoms. The van der Waals surface area contributed by atoms with Crippen LogP contribution < -0.4 is 16.0 Å². The summed E-state index contributed by atoms with van der Waals surface area (Å²) < 4.78 is 1.08. The first kappa shape index (κ1) is 33.1. The van der Waals surface area contributed by atoms with Crippen LogP contribution >= 0.6 is 23.1 Å². The van der Waals surface area contributed by atoms with Crippen LogP contribution in [0.5, 0.6) is 0 Å². The largest absolute Gasteiger partial charge is 0.350 e. The van der Waals surface area contributed by atoms with Gasteiger partial charge in [-0.05, 0) is 36.0 Å². The van der Waals surface area contributed by atoms with Crippen LogP contribution in [0, 0.1) is 5.92 Å². The van der Waals surface area contributed by atoms with E-state index < -0.39 is 6.04 Å². The minimum Gasteiger partial charge on any atom is -0.350 e. The molecule has 3 amide bonds. The number of rotatable bonds is 15. The maximum atomic E-state index is 13.6. The Bertz CT molecular complexity index is 1190. The number of thiazole rings is 1. The smallest absolute Gasteiger partial charge is 0.247 e. The Morgan fingerprint density at radius 2 is 1.83 bits per heavy atom. The molecule has 0 radical (unpaired) electrons. The topological polar surface area (TPSA) is 103 Å². The van der Waals surface area contributed by atoms with Gasteiger partial charge in [-0.25, -0.2) is 4.98 Å². The average molecular weight is 602 g/mol. The molecule has 41 heavy (non-hydrogen) atoms. The van der Waals surface area contributed by atoms with Crippen molar-refractivity contribution in [1.82, 2.24) is 25.8 Å². The summed E-state index contributed by atoms with van der Waals surface area (Å²) in [6.45, 7) is 17.2. The molecule has 1 saturated heterocycles. The van der Waals surface area contributed by atoms with Crippen molar-refractivity contribution in [2.24, 2.45) is 5.92 Å². The van der Waals surface area contributed by atoms with E-state index in [2.05, 4.69) is 67.3 Å². The van der Waals surface area contributed by atoms with E-state index in [9.17, 15) is 14.4 Å². The molecule has 1 aliphatic rings. The molecule has 0 unspecified atom stereocenters. The standard InChI is InChI=1S/C31H47N5O3S2/c1-7-9-28(37)33-25(17-29-34-24-11-10-23(20(3)4)16-27(24)41-29)31(39)35-26(21(5)8-2)18-32-30(38)22(6)19-36-12-14-40-15-13-36/h10-11,16,20-21,25-26H,6-9,12-15,17-19H2,1-5H3,(H,32,38)(H,33,37)(H,35,39)/t21-,25-,26+/m0/s1. The highest BCUT2D eigenvalue weighted by Gasteiger charge is 2.27. The molecule has 1 aromatic carbocycles. The third kappa shape index (κ3) is 10.1. The van der Waals surface area contributed by atoms with Crippen LogP contribution in [0.25, 0.3) is 10.2 Å². The molecule has 226 valence electrons. The van der Waals surface area contributed by atoms with Crippen molar-refractivity contribution in [2.45, 2.75) is 78.3 Å². The van der Waals surface area contributed by atoms with Crippen molar-refractivity contribution < 1.29 is 14.4 Å². The molecule has 3 atom stereocenters. The van der Waals surface area contributed by atoms with E-state index in [1.165, 1.54) is 5.56 Å². The molecule has 8 nitrogen and oxygen atoms in total. The van der Waals surface area contributed by atoms with Gasteiger partial charge in [0, 0.05) is 62.1 Å². The van der Waals surface area contributed by atoms with Crippen molar-refractivity contribution in [3.05, 3.63) is 40.9 Å². The number of benzene rings is 1. The zero-order valence-corrected chi connectivity index (χ0v) is 26.9. The van der Waals surface area contributed by atoms with Gasteiger partial charge in [-0.3, -0.25) is 19.3 Å². The number of aromatic nitrogens is 1. The fourth-order valence-corrected chi connectivity index (χ4v) is 6.74. The minimum absolute atomic E-state index is 0.121. The van der Waals surface area contributed by atoms with Gasteiger partial charge >= 0.3 is 0 Å². The fraction of sp³-hybridized carbons (Fsp3) is 0.613. The van der Waals surface area contributed by atoms with Crippen LogP contribution in [0.4, 0.5) is 0 Å². The van der Waals surface area contributed by atoms with Crippen LogP contribution in [0.2, 0.25) is 0 Å². The van der Waals surface area contributed by atoms with E-state index >= 15 is 0 Å². The lowest BCUT2D eigenvalue weighted by molar-refractivity contribution is -0.129. The third-order valence-electron chi connectivity index (χ3n) is 7.61. The van der Waals surface area contributed by atoms with Gasteiger partial charge in [0.1, 0.15) is 6.04 Å². The summed E-state index contributed by atoms with van der Waals surface area (Å²) in [6.07, 6.45) is 2.18. The molecular formula is C31H47N5O3S2. The average Bonchev–Trinajstić information content (AvgIpc) is 3.36. The molecule has 3 N–H and O–H groups in total. The highest BCUT2D eigenvalue weighted by Crippen LogP contribution is 2.27. The predicted octanol–water partition coefficient (Wildman–Crippen LogP) is 4.50. The summed E-state index contributed by atoms with van der Waals surface area (Å²) in [5.74, 6) is 2.07. The van der Waals surface area contributed by atoms with Crippen molar-refractivity contribution >= 4 is 51.0 Å². The molecule has 3 rings (SSSR count). The Labute approximate surface area is 253 Å². The van der Waals surface area contributed by atoms with E-state index in [1.807, 2.05) is 24.8 Å². The number of carbonyl (C=O) groups is 3. The summed E-state index contributed by atoms with van der Waals surface area (Å²) in [4.78, 5) is 46.1. The second-order valence-corrected chi connectivity index (χ2v) is 13.6. The van der Waals surface area contributed by atoms with Gasteiger partial charge in [0.25, 0.3) is 0 Å². The first-order chi connectivity index (χ1) is 19.6. The molecule has 1 aliphatic heterocycles. The predicted molar refractivity (Wildman–Crippen MR) is 172 cm³/mol. The summed E-state index contributed by atoms with van der Waals surface area (Å²) in [6, 6.07) is 5.23.